The van der Waals surface area contributed by atoms with Crippen molar-refractivity contribution in [2.75, 3.05) is 0 Å². The smallest absolute Gasteiger partial charge is 0.253 e. The molecular formula is C15H23N3O2. The van der Waals surface area contributed by atoms with E-state index in [4.69, 9.17) is 0 Å². The molecule has 1 aromatic rings. The number of nitrogens with zero attached hydrogens (tertiary/aromatic N) is 2. The van der Waals surface area contributed by atoms with E-state index in [0.29, 0.717) is 18.4 Å². The summed E-state index contributed by atoms with van der Waals surface area (Å²) in [7, 11) is 0. The van der Waals surface area contributed by atoms with Crippen LogP contribution in [0.1, 0.15) is 50.9 Å². The summed E-state index contributed by atoms with van der Waals surface area (Å²) >= 11 is 0. The first-order valence-electron chi connectivity index (χ1n) is 6.92. The van der Waals surface area contributed by atoms with Crippen LogP contribution in [0.2, 0.25) is 0 Å². The maximum Gasteiger partial charge on any atom is 0.253 e. The Bertz CT molecular complexity index is 467. The highest BCUT2D eigenvalue weighted by atomic mass is 16.5. The fraction of sp³-hybridized carbons (Fsp3) is 0.600. The third-order valence-corrected chi connectivity index (χ3v) is 3.90. The highest BCUT2D eigenvalue weighted by Gasteiger charge is 2.45. The number of pyridine rings is 1. The van der Waals surface area contributed by atoms with Gasteiger partial charge in [-0.05, 0) is 52.7 Å². The topological polar surface area (TPSA) is 65.5 Å². The monoisotopic (exact) mass is 277 g/mol. The van der Waals surface area contributed by atoms with Crippen LogP contribution in [0.4, 0.5) is 0 Å². The number of aromatic nitrogens is 1. The fourth-order valence-corrected chi connectivity index (χ4v) is 3.14. The van der Waals surface area contributed by atoms with Gasteiger partial charge in [-0.1, -0.05) is 0 Å². The predicted octanol–water partition coefficient (Wildman–Crippen LogP) is 2.22. The summed E-state index contributed by atoms with van der Waals surface area (Å²) in [5, 5.41) is 14.7. The van der Waals surface area contributed by atoms with Crippen LogP contribution in [0.3, 0.4) is 0 Å². The van der Waals surface area contributed by atoms with Crippen LogP contribution < -0.4 is 5.32 Å². The molecule has 0 saturated carbocycles. The summed E-state index contributed by atoms with van der Waals surface area (Å²) < 4.78 is 0. The van der Waals surface area contributed by atoms with Gasteiger partial charge < -0.3 is 10.5 Å². The highest BCUT2D eigenvalue weighted by molar-refractivity contribution is 5.94. The molecule has 1 fully saturated rings. The Morgan fingerprint density at radius 1 is 1.35 bits per heavy atom. The van der Waals surface area contributed by atoms with Gasteiger partial charge in [0, 0.05) is 29.5 Å². The van der Waals surface area contributed by atoms with Crippen molar-refractivity contribution in [2.24, 2.45) is 0 Å². The fourth-order valence-electron chi connectivity index (χ4n) is 3.14. The average molecular weight is 277 g/mol. The van der Waals surface area contributed by atoms with E-state index in [0.717, 1.165) is 0 Å². The lowest BCUT2D eigenvalue weighted by molar-refractivity contribution is -0.245. The number of nitrogens with one attached hydrogen (secondary N) is 1. The van der Waals surface area contributed by atoms with E-state index in [2.05, 4.69) is 10.3 Å². The van der Waals surface area contributed by atoms with Crippen molar-refractivity contribution >= 4 is 5.91 Å². The Hall–Kier alpha value is -1.46. The molecule has 5 nitrogen and oxygen atoms in total. The lowest BCUT2D eigenvalue weighted by Crippen LogP contribution is -2.62. The molecule has 2 rings (SSSR count). The van der Waals surface area contributed by atoms with E-state index in [9.17, 15) is 10.0 Å². The molecule has 2 N–H and O–H groups in total. The molecule has 20 heavy (non-hydrogen) atoms. The van der Waals surface area contributed by atoms with Crippen LogP contribution >= 0.6 is 0 Å². The number of hydrogen-bond acceptors (Lipinski definition) is 4. The van der Waals surface area contributed by atoms with Gasteiger partial charge in [-0.2, -0.15) is 5.06 Å². The van der Waals surface area contributed by atoms with E-state index >= 15 is 0 Å². The van der Waals surface area contributed by atoms with Gasteiger partial charge in [0.05, 0.1) is 5.56 Å². The maximum absolute atomic E-state index is 12.2. The van der Waals surface area contributed by atoms with Crippen LogP contribution in [-0.2, 0) is 0 Å². The Kier molecular flexibility index (Phi) is 3.84. The Labute approximate surface area is 120 Å². The summed E-state index contributed by atoms with van der Waals surface area (Å²) in [6, 6.07) is 3.54. The third-order valence-electron chi connectivity index (χ3n) is 3.90. The normalized spacial score (nSPS) is 22.4. The highest BCUT2D eigenvalue weighted by Crippen LogP contribution is 2.36. The summed E-state index contributed by atoms with van der Waals surface area (Å²) in [6.45, 7) is 7.93. The number of hydrogen-bond donors (Lipinski definition) is 2. The molecular weight excluding hydrogens is 254 g/mol. The van der Waals surface area contributed by atoms with E-state index in [1.807, 2.05) is 27.7 Å². The molecule has 1 saturated heterocycles. The van der Waals surface area contributed by atoms with E-state index in [1.165, 1.54) is 5.06 Å². The predicted molar refractivity (Wildman–Crippen MR) is 76.5 cm³/mol. The number of carbonyl (C=O) groups excluding carboxylic acids is 1. The second kappa shape index (κ2) is 5.14. The quantitative estimate of drug-likeness (QED) is 0.870. The minimum atomic E-state index is -0.366. The zero-order valence-corrected chi connectivity index (χ0v) is 12.6. The third kappa shape index (κ3) is 2.99. The van der Waals surface area contributed by atoms with Gasteiger partial charge in [-0.25, -0.2) is 0 Å². The number of piperidine rings is 1. The van der Waals surface area contributed by atoms with Gasteiger partial charge in [0.25, 0.3) is 5.91 Å². The van der Waals surface area contributed by atoms with Crippen molar-refractivity contribution in [2.45, 2.75) is 57.7 Å². The molecule has 0 bridgehead atoms. The van der Waals surface area contributed by atoms with E-state index in [1.54, 1.807) is 24.5 Å². The summed E-state index contributed by atoms with van der Waals surface area (Å²) in [5.74, 6) is -0.110. The average Bonchev–Trinajstić information content (AvgIpc) is 2.36. The minimum absolute atomic E-state index is 0.0381. The van der Waals surface area contributed by atoms with Crippen molar-refractivity contribution in [3.8, 4) is 0 Å². The number of rotatable bonds is 2. The van der Waals surface area contributed by atoms with Crippen molar-refractivity contribution < 1.29 is 10.0 Å². The molecule has 0 unspecified atom stereocenters. The second-order valence-corrected chi connectivity index (χ2v) is 6.76. The largest absolute Gasteiger partial charge is 0.349 e. The number of hydroxylamine groups is 2. The molecule has 0 spiro atoms. The van der Waals surface area contributed by atoms with Crippen LogP contribution in [0.15, 0.2) is 24.5 Å². The van der Waals surface area contributed by atoms with Crippen molar-refractivity contribution in [1.29, 1.82) is 0 Å². The zero-order chi connectivity index (χ0) is 15.0. The number of amides is 1. The van der Waals surface area contributed by atoms with E-state index < -0.39 is 0 Å². The van der Waals surface area contributed by atoms with Crippen LogP contribution in [0, 0.1) is 0 Å². The minimum Gasteiger partial charge on any atom is -0.349 e. The van der Waals surface area contributed by atoms with Crippen molar-refractivity contribution in [3.63, 3.8) is 0 Å². The van der Waals surface area contributed by atoms with Crippen LogP contribution in [0.5, 0.6) is 0 Å². The molecule has 110 valence electrons. The lowest BCUT2D eigenvalue weighted by atomic mass is 9.79. The van der Waals surface area contributed by atoms with Crippen molar-refractivity contribution in [1.82, 2.24) is 15.4 Å². The Balaban J connectivity index is 2.09. The van der Waals surface area contributed by atoms with Gasteiger partial charge in [0.15, 0.2) is 0 Å². The van der Waals surface area contributed by atoms with Gasteiger partial charge in [0.1, 0.15) is 0 Å². The first-order valence-corrected chi connectivity index (χ1v) is 6.92. The summed E-state index contributed by atoms with van der Waals surface area (Å²) in [4.78, 5) is 16.1. The first kappa shape index (κ1) is 14.9. The summed E-state index contributed by atoms with van der Waals surface area (Å²) in [6.07, 6.45) is 4.62. The Morgan fingerprint density at radius 3 is 2.45 bits per heavy atom. The van der Waals surface area contributed by atoms with Crippen LogP contribution in [-0.4, -0.2) is 38.3 Å². The standard InChI is InChI=1S/C15H23N3O2/c1-14(2)8-12(9-15(3,4)18(14)20)17-13(19)11-6-5-7-16-10-11/h5-7,10,12,20H,8-9H2,1-4H3,(H,17,19). The van der Waals surface area contributed by atoms with Crippen LogP contribution in [0.25, 0.3) is 0 Å². The van der Waals surface area contributed by atoms with Gasteiger partial charge in [-0.3, -0.25) is 9.78 Å². The zero-order valence-electron chi connectivity index (χ0n) is 12.6. The molecule has 5 heteroatoms. The lowest BCUT2D eigenvalue weighted by Gasteiger charge is -2.51. The van der Waals surface area contributed by atoms with Crippen molar-refractivity contribution in [3.05, 3.63) is 30.1 Å². The molecule has 1 aromatic heterocycles. The SMILES string of the molecule is CC1(C)CC(NC(=O)c2cccnc2)CC(C)(C)N1O. The molecule has 1 amide bonds. The number of carbonyl (C=O) groups is 1. The summed E-state index contributed by atoms with van der Waals surface area (Å²) in [5.41, 5.74) is -0.168. The van der Waals surface area contributed by atoms with Gasteiger partial charge in [0.2, 0.25) is 0 Å². The molecule has 0 atom stereocenters. The van der Waals surface area contributed by atoms with Gasteiger partial charge >= 0.3 is 0 Å². The maximum atomic E-state index is 12.2. The molecule has 0 aromatic carbocycles. The molecule has 0 aliphatic carbocycles. The molecule has 1 aliphatic heterocycles. The van der Waals surface area contributed by atoms with E-state index in [-0.39, 0.29) is 23.0 Å². The van der Waals surface area contributed by atoms with Gasteiger partial charge in [-0.15, -0.1) is 0 Å². The molecule has 1 aliphatic rings. The molecule has 0 radical (unpaired) electrons. The Morgan fingerprint density at radius 2 is 1.95 bits per heavy atom. The first-order chi connectivity index (χ1) is 9.22. The second-order valence-electron chi connectivity index (χ2n) is 6.76. The molecule has 2 heterocycles.